The number of esters is 1. The van der Waals surface area contributed by atoms with Crippen molar-refractivity contribution in [1.82, 2.24) is 10.6 Å². The topological polar surface area (TPSA) is 106 Å². The van der Waals surface area contributed by atoms with Gasteiger partial charge >= 0.3 is 11.9 Å². The van der Waals surface area contributed by atoms with Crippen molar-refractivity contribution in [2.45, 2.75) is 19.9 Å². The van der Waals surface area contributed by atoms with E-state index in [4.69, 9.17) is 43.1 Å². The second-order valence-corrected chi connectivity index (χ2v) is 6.58. The minimum absolute atomic E-state index is 0.182. The van der Waals surface area contributed by atoms with Gasteiger partial charge in [-0.1, -0.05) is 18.2 Å². The van der Waals surface area contributed by atoms with Crippen molar-refractivity contribution in [1.29, 1.82) is 0 Å². The summed E-state index contributed by atoms with van der Waals surface area (Å²) < 4.78 is 16.0. The molecule has 2 atom stereocenters. The normalized spacial score (nSPS) is 18.7. The van der Waals surface area contributed by atoms with Gasteiger partial charge in [-0.25, -0.2) is 4.79 Å². The standard InChI is InChI=1S/C18H21ClN2O6S/c1-4-25-12-6-10(11(19)7-13(12)27-8-14(22)23)16-15(17(24)26-5-2)9(3)20-18(28)21-16/h6-7,15-16H,3-5,8H2,1-2H3,(H,22,23)(H2,20,21,28). The lowest BCUT2D eigenvalue weighted by atomic mass is 9.89. The lowest BCUT2D eigenvalue weighted by Gasteiger charge is -2.35. The highest BCUT2D eigenvalue weighted by Gasteiger charge is 2.39. The van der Waals surface area contributed by atoms with E-state index in [1.807, 2.05) is 0 Å². The first-order valence-electron chi connectivity index (χ1n) is 8.52. The van der Waals surface area contributed by atoms with Crippen LogP contribution in [-0.2, 0) is 14.3 Å². The molecule has 1 aliphatic rings. The van der Waals surface area contributed by atoms with Gasteiger partial charge in [0.1, 0.15) is 5.92 Å². The number of benzene rings is 1. The van der Waals surface area contributed by atoms with Crippen LogP contribution < -0.4 is 20.1 Å². The van der Waals surface area contributed by atoms with E-state index in [-0.39, 0.29) is 22.5 Å². The fourth-order valence-electron chi connectivity index (χ4n) is 2.76. The fraction of sp³-hybridized carbons (Fsp3) is 0.389. The minimum atomic E-state index is -1.13. The number of hydrogen-bond donors (Lipinski definition) is 3. The van der Waals surface area contributed by atoms with E-state index in [1.54, 1.807) is 19.9 Å². The summed E-state index contributed by atoms with van der Waals surface area (Å²) in [4.78, 5) is 23.3. The van der Waals surface area contributed by atoms with E-state index in [2.05, 4.69) is 17.2 Å². The largest absolute Gasteiger partial charge is 0.490 e. The molecule has 2 rings (SSSR count). The molecular weight excluding hydrogens is 408 g/mol. The first-order chi connectivity index (χ1) is 13.3. The molecule has 1 aliphatic heterocycles. The molecule has 0 spiro atoms. The zero-order valence-corrected chi connectivity index (χ0v) is 17.0. The van der Waals surface area contributed by atoms with Gasteiger partial charge < -0.3 is 30.0 Å². The van der Waals surface area contributed by atoms with Crippen LogP contribution >= 0.6 is 23.8 Å². The van der Waals surface area contributed by atoms with E-state index in [9.17, 15) is 9.59 Å². The quantitative estimate of drug-likeness (QED) is 0.425. The number of carbonyl (C=O) groups excluding carboxylic acids is 1. The minimum Gasteiger partial charge on any atom is -0.490 e. The van der Waals surface area contributed by atoms with Gasteiger partial charge in [0.2, 0.25) is 0 Å². The van der Waals surface area contributed by atoms with Crippen molar-refractivity contribution in [2.75, 3.05) is 19.8 Å². The Morgan fingerprint density at radius 3 is 2.54 bits per heavy atom. The fourth-order valence-corrected chi connectivity index (χ4v) is 3.29. The third-order valence-electron chi connectivity index (χ3n) is 3.86. The van der Waals surface area contributed by atoms with Gasteiger partial charge in [-0.15, -0.1) is 0 Å². The Morgan fingerprint density at radius 1 is 1.25 bits per heavy atom. The number of carbonyl (C=O) groups is 2. The highest BCUT2D eigenvalue weighted by atomic mass is 35.5. The average Bonchev–Trinajstić information content (AvgIpc) is 2.61. The van der Waals surface area contributed by atoms with Crippen molar-refractivity contribution in [2.24, 2.45) is 5.92 Å². The Kier molecular flexibility index (Phi) is 7.47. The first kappa shape index (κ1) is 21.8. The Labute approximate surface area is 172 Å². The van der Waals surface area contributed by atoms with Gasteiger partial charge in [-0.05, 0) is 37.7 Å². The van der Waals surface area contributed by atoms with Crippen LogP contribution in [0, 0.1) is 5.92 Å². The number of hydrogen-bond acceptors (Lipinski definition) is 6. The van der Waals surface area contributed by atoms with Gasteiger partial charge in [-0.3, -0.25) is 4.79 Å². The molecule has 1 aromatic carbocycles. The monoisotopic (exact) mass is 428 g/mol. The van der Waals surface area contributed by atoms with Crippen LogP contribution in [0.3, 0.4) is 0 Å². The smallest absolute Gasteiger partial charge is 0.341 e. The second kappa shape index (κ2) is 9.61. The molecule has 152 valence electrons. The highest BCUT2D eigenvalue weighted by Crippen LogP contribution is 2.40. The summed E-state index contributed by atoms with van der Waals surface area (Å²) in [6.07, 6.45) is 0. The van der Waals surface area contributed by atoms with E-state index >= 15 is 0 Å². The summed E-state index contributed by atoms with van der Waals surface area (Å²) >= 11 is 11.6. The SMILES string of the molecule is C=C1NC(=S)NC(c2cc(OCC)c(OCC(=O)O)cc2Cl)C1C(=O)OCC. The van der Waals surface area contributed by atoms with E-state index in [1.165, 1.54) is 6.07 Å². The molecular formula is C18H21ClN2O6S. The summed E-state index contributed by atoms with van der Waals surface area (Å²) in [5, 5.41) is 15.2. The second-order valence-electron chi connectivity index (χ2n) is 5.77. The number of nitrogens with one attached hydrogen (secondary N) is 2. The van der Waals surface area contributed by atoms with Crippen molar-refractivity contribution >= 4 is 40.9 Å². The molecule has 28 heavy (non-hydrogen) atoms. The van der Waals surface area contributed by atoms with Crippen LogP contribution in [0.1, 0.15) is 25.5 Å². The van der Waals surface area contributed by atoms with Gasteiger partial charge in [0.05, 0.1) is 19.3 Å². The van der Waals surface area contributed by atoms with Crippen LogP contribution in [0.15, 0.2) is 24.4 Å². The predicted octanol–water partition coefficient (Wildman–Crippen LogP) is 2.41. The lowest BCUT2D eigenvalue weighted by Crippen LogP contribution is -2.51. The molecule has 0 aliphatic carbocycles. The maximum atomic E-state index is 12.5. The summed E-state index contributed by atoms with van der Waals surface area (Å²) in [7, 11) is 0. The number of halogens is 1. The van der Waals surface area contributed by atoms with Crippen LogP contribution in [-0.4, -0.2) is 42.0 Å². The number of aliphatic carboxylic acids is 1. The molecule has 10 heteroatoms. The Bertz CT molecular complexity index is 801. The molecule has 3 N–H and O–H groups in total. The molecule has 1 heterocycles. The van der Waals surface area contributed by atoms with E-state index in [0.29, 0.717) is 23.6 Å². The molecule has 0 aromatic heterocycles. The summed E-state index contributed by atoms with van der Waals surface area (Å²) in [5.41, 5.74) is 0.892. The van der Waals surface area contributed by atoms with Gasteiger partial charge in [0, 0.05) is 16.8 Å². The van der Waals surface area contributed by atoms with E-state index < -0.39 is 30.5 Å². The first-order valence-corrected chi connectivity index (χ1v) is 9.30. The Morgan fingerprint density at radius 2 is 1.93 bits per heavy atom. The summed E-state index contributed by atoms with van der Waals surface area (Å²) in [6.45, 7) is 7.33. The van der Waals surface area contributed by atoms with Crippen LogP contribution in [0.2, 0.25) is 5.02 Å². The van der Waals surface area contributed by atoms with Crippen molar-refractivity contribution in [3.63, 3.8) is 0 Å². The molecule has 8 nitrogen and oxygen atoms in total. The third-order valence-corrected chi connectivity index (χ3v) is 4.41. The van der Waals surface area contributed by atoms with Crippen molar-refractivity contribution < 1.29 is 28.9 Å². The van der Waals surface area contributed by atoms with Crippen LogP contribution in [0.4, 0.5) is 0 Å². The predicted molar refractivity (Wildman–Crippen MR) is 107 cm³/mol. The number of ether oxygens (including phenoxy) is 3. The van der Waals surface area contributed by atoms with Crippen molar-refractivity contribution in [3.8, 4) is 11.5 Å². The van der Waals surface area contributed by atoms with Gasteiger partial charge in [-0.2, -0.15) is 0 Å². The zero-order chi connectivity index (χ0) is 20.8. The van der Waals surface area contributed by atoms with Crippen LogP contribution in [0.5, 0.6) is 11.5 Å². The third kappa shape index (κ3) is 5.05. The molecule has 0 amide bonds. The summed E-state index contributed by atoms with van der Waals surface area (Å²) in [5.74, 6) is -1.93. The number of thiocarbonyl (C=S) groups is 1. The summed E-state index contributed by atoms with van der Waals surface area (Å²) in [6, 6.07) is 2.39. The number of carboxylic acid groups (broad SMARTS) is 1. The lowest BCUT2D eigenvalue weighted by molar-refractivity contribution is -0.147. The molecule has 1 saturated heterocycles. The highest BCUT2D eigenvalue weighted by molar-refractivity contribution is 7.80. The van der Waals surface area contributed by atoms with E-state index in [0.717, 1.165) is 0 Å². The Balaban J connectivity index is 2.48. The van der Waals surface area contributed by atoms with Crippen molar-refractivity contribution in [3.05, 3.63) is 35.0 Å². The number of carboxylic acids is 1. The molecule has 1 aromatic rings. The molecule has 0 radical (unpaired) electrons. The molecule has 0 bridgehead atoms. The van der Waals surface area contributed by atoms with Crippen LogP contribution in [0.25, 0.3) is 0 Å². The molecule has 2 unspecified atom stereocenters. The average molecular weight is 429 g/mol. The van der Waals surface area contributed by atoms with Gasteiger partial charge in [0.15, 0.2) is 23.2 Å². The maximum absolute atomic E-state index is 12.5. The zero-order valence-electron chi connectivity index (χ0n) is 15.4. The van der Waals surface area contributed by atoms with Gasteiger partial charge in [0.25, 0.3) is 0 Å². The molecule has 1 fully saturated rings. The number of rotatable bonds is 8. The Hall–Kier alpha value is -2.52. The maximum Gasteiger partial charge on any atom is 0.341 e. The molecule has 0 saturated carbocycles.